The minimum Gasteiger partial charge on any atom is -0.317 e. The first-order valence-corrected chi connectivity index (χ1v) is 8.77. The van der Waals surface area contributed by atoms with Crippen LogP contribution < -0.4 is 5.32 Å². The Morgan fingerprint density at radius 3 is 2.28 bits per heavy atom. The Morgan fingerprint density at radius 2 is 1.72 bits per heavy atom. The topological polar surface area (TPSA) is 52.6 Å². The van der Waals surface area contributed by atoms with Gasteiger partial charge < -0.3 is 10.2 Å². The highest BCUT2D eigenvalue weighted by atomic mass is 32.2. The highest BCUT2D eigenvalue weighted by Crippen LogP contribution is 2.06. The number of sulfonamides is 1. The van der Waals surface area contributed by atoms with Gasteiger partial charge in [-0.1, -0.05) is 6.92 Å². The third-order valence-corrected chi connectivity index (χ3v) is 4.61. The average Bonchev–Trinajstić information content (AvgIpc) is 2.33. The van der Waals surface area contributed by atoms with Crippen molar-refractivity contribution < 1.29 is 8.42 Å². The molecule has 0 bridgehead atoms. The molecule has 0 saturated carbocycles. The number of unbranched alkanes of at least 4 members (excludes halogenated alkanes) is 1. The van der Waals surface area contributed by atoms with Crippen molar-refractivity contribution in [2.24, 2.45) is 0 Å². The van der Waals surface area contributed by atoms with Gasteiger partial charge in [0.15, 0.2) is 0 Å². The van der Waals surface area contributed by atoms with Gasteiger partial charge in [0.05, 0.1) is 6.26 Å². The molecule has 6 heteroatoms. The van der Waals surface area contributed by atoms with Crippen LogP contribution in [0.15, 0.2) is 0 Å². The maximum absolute atomic E-state index is 11.4. The van der Waals surface area contributed by atoms with E-state index in [1.807, 2.05) is 0 Å². The zero-order valence-corrected chi connectivity index (χ0v) is 12.5. The Labute approximate surface area is 112 Å². The normalized spacial score (nSPS) is 19.2. The lowest BCUT2D eigenvalue weighted by Crippen LogP contribution is -2.48. The number of nitrogens with one attached hydrogen (secondary N) is 1. The summed E-state index contributed by atoms with van der Waals surface area (Å²) in [6, 6.07) is 0. The second-order valence-electron chi connectivity index (χ2n) is 4.96. The number of piperazine rings is 1. The Bertz CT molecular complexity index is 311. The summed E-state index contributed by atoms with van der Waals surface area (Å²) < 4.78 is 24.3. The van der Waals surface area contributed by atoms with Gasteiger partial charge in [-0.3, -0.25) is 0 Å². The van der Waals surface area contributed by atoms with Crippen LogP contribution in [-0.4, -0.2) is 69.7 Å². The van der Waals surface area contributed by atoms with Crippen LogP contribution >= 0.6 is 0 Å². The van der Waals surface area contributed by atoms with E-state index in [0.29, 0.717) is 13.1 Å². The largest absolute Gasteiger partial charge is 0.317 e. The summed E-state index contributed by atoms with van der Waals surface area (Å²) in [5.41, 5.74) is 0. The number of rotatable bonds is 8. The first-order valence-electron chi connectivity index (χ1n) is 6.92. The van der Waals surface area contributed by atoms with Crippen LogP contribution in [0.2, 0.25) is 0 Å². The molecule has 0 spiro atoms. The van der Waals surface area contributed by atoms with Crippen LogP contribution in [0.1, 0.15) is 26.2 Å². The molecule has 1 aliphatic rings. The molecule has 0 aliphatic carbocycles. The molecule has 5 nitrogen and oxygen atoms in total. The van der Waals surface area contributed by atoms with Gasteiger partial charge in [0.1, 0.15) is 0 Å². The Kier molecular flexibility index (Phi) is 7.14. The van der Waals surface area contributed by atoms with Gasteiger partial charge in [0.25, 0.3) is 0 Å². The molecular weight excluding hydrogens is 250 g/mol. The molecule has 0 aromatic carbocycles. The first-order chi connectivity index (χ1) is 8.54. The summed E-state index contributed by atoms with van der Waals surface area (Å²) in [6.07, 6.45) is 4.87. The van der Waals surface area contributed by atoms with Crippen LogP contribution in [0.3, 0.4) is 0 Å². The summed E-state index contributed by atoms with van der Waals surface area (Å²) in [5, 5.41) is 3.39. The van der Waals surface area contributed by atoms with E-state index in [4.69, 9.17) is 0 Å². The average molecular weight is 277 g/mol. The summed E-state index contributed by atoms with van der Waals surface area (Å²) in [7, 11) is -2.99. The fourth-order valence-corrected chi connectivity index (χ4v) is 3.00. The third-order valence-electron chi connectivity index (χ3n) is 3.30. The van der Waals surface area contributed by atoms with Crippen LogP contribution in [-0.2, 0) is 10.0 Å². The van der Waals surface area contributed by atoms with Crippen LogP contribution in [0.4, 0.5) is 0 Å². The van der Waals surface area contributed by atoms with Crippen LogP contribution in [0.5, 0.6) is 0 Å². The Morgan fingerprint density at radius 1 is 1.06 bits per heavy atom. The van der Waals surface area contributed by atoms with Crippen molar-refractivity contribution in [2.45, 2.75) is 26.2 Å². The number of nitrogens with zero attached hydrogens (tertiary/aromatic N) is 2. The molecule has 0 unspecified atom stereocenters. The molecule has 1 fully saturated rings. The second-order valence-corrected chi connectivity index (χ2v) is 6.94. The maximum atomic E-state index is 11.4. The van der Waals surface area contributed by atoms with Crippen molar-refractivity contribution in [2.75, 3.05) is 52.1 Å². The lowest BCUT2D eigenvalue weighted by atomic mass is 10.2. The van der Waals surface area contributed by atoms with E-state index in [9.17, 15) is 8.42 Å². The number of hydrogen-bond acceptors (Lipinski definition) is 4. The Hall–Kier alpha value is -0.170. The van der Waals surface area contributed by atoms with E-state index in [1.165, 1.54) is 25.5 Å². The summed E-state index contributed by atoms with van der Waals surface area (Å²) >= 11 is 0. The molecule has 0 aromatic heterocycles. The Balaban J connectivity index is 2.06. The van der Waals surface area contributed by atoms with E-state index < -0.39 is 10.0 Å². The van der Waals surface area contributed by atoms with Gasteiger partial charge in [-0.05, 0) is 38.9 Å². The van der Waals surface area contributed by atoms with Crippen molar-refractivity contribution >= 4 is 10.0 Å². The van der Waals surface area contributed by atoms with Crippen molar-refractivity contribution in [1.29, 1.82) is 0 Å². The molecule has 0 radical (unpaired) electrons. The van der Waals surface area contributed by atoms with Gasteiger partial charge in [-0.2, -0.15) is 4.31 Å². The lowest BCUT2D eigenvalue weighted by Gasteiger charge is -2.33. The SMILES string of the molecule is CCCNCCCCN1CCN(S(C)(=O)=O)CC1. The zero-order chi connectivity index (χ0) is 13.4. The van der Waals surface area contributed by atoms with Gasteiger partial charge in [0, 0.05) is 26.2 Å². The van der Waals surface area contributed by atoms with Crippen molar-refractivity contribution in [3.63, 3.8) is 0 Å². The van der Waals surface area contributed by atoms with E-state index >= 15 is 0 Å². The minimum atomic E-state index is -2.99. The third kappa shape index (κ3) is 6.13. The van der Waals surface area contributed by atoms with Gasteiger partial charge in [-0.15, -0.1) is 0 Å². The molecule has 1 heterocycles. The fourth-order valence-electron chi connectivity index (χ4n) is 2.17. The van der Waals surface area contributed by atoms with Gasteiger partial charge >= 0.3 is 0 Å². The van der Waals surface area contributed by atoms with Crippen molar-refractivity contribution in [1.82, 2.24) is 14.5 Å². The second kappa shape index (κ2) is 8.09. The molecule has 1 saturated heterocycles. The molecule has 1 aliphatic heterocycles. The quantitative estimate of drug-likeness (QED) is 0.650. The molecule has 1 rings (SSSR count). The molecular formula is C12H27N3O2S. The maximum Gasteiger partial charge on any atom is 0.211 e. The molecule has 0 atom stereocenters. The molecule has 1 N–H and O–H groups in total. The fraction of sp³-hybridized carbons (Fsp3) is 1.00. The minimum absolute atomic E-state index is 0.646. The lowest BCUT2D eigenvalue weighted by molar-refractivity contribution is 0.186. The highest BCUT2D eigenvalue weighted by Gasteiger charge is 2.22. The highest BCUT2D eigenvalue weighted by molar-refractivity contribution is 7.88. The van der Waals surface area contributed by atoms with Crippen LogP contribution in [0, 0.1) is 0 Å². The molecule has 0 amide bonds. The predicted octanol–water partition coefficient (Wildman–Crippen LogP) is 0.343. The zero-order valence-electron chi connectivity index (χ0n) is 11.7. The number of hydrogen-bond donors (Lipinski definition) is 1. The summed E-state index contributed by atoms with van der Waals surface area (Å²) in [6.45, 7) is 8.49. The van der Waals surface area contributed by atoms with Crippen molar-refractivity contribution in [3.8, 4) is 0 Å². The predicted molar refractivity (Wildman–Crippen MR) is 75.3 cm³/mol. The summed E-state index contributed by atoms with van der Waals surface area (Å²) in [4.78, 5) is 2.36. The molecule has 18 heavy (non-hydrogen) atoms. The first kappa shape index (κ1) is 15.9. The standard InChI is InChI=1S/C12H27N3O2S/c1-3-6-13-7-4-5-8-14-9-11-15(12-10-14)18(2,16)17/h13H,3-12H2,1-2H3. The van der Waals surface area contributed by atoms with E-state index in [-0.39, 0.29) is 0 Å². The van der Waals surface area contributed by atoms with Gasteiger partial charge in [-0.25, -0.2) is 8.42 Å². The van der Waals surface area contributed by atoms with E-state index in [2.05, 4.69) is 17.1 Å². The smallest absolute Gasteiger partial charge is 0.211 e. The van der Waals surface area contributed by atoms with E-state index in [1.54, 1.807) is 4.31 Å². The molecule has 0 aromatic rings. The van der Waals surface area contributed by atoms with Crippen molar-refractivity contribution in [3.05, 3.63) is 0 Å². The monoisotopic (exact) mass is 277 g/mol. The van der Waals surface area contributed by atoms with E-state index in [0.717, 1.165) is 32.7 Å². The van der Waals surface area contributed by atoms with Gasteiger partial charge in [0.2, 0.25) is 10.0 Å². The summed E-state index contributed by atoms with van der Waals surface area (Å²) in [5.74, 6) is 0. The molecule has 108 valence electrons. The van der Waals surface area contributed by atoms with Crippen LogP contribution in [0.25, 0.3) is 0 Å².